The molecule has 0 aliphatic rings. The molecule has 2 aromatic rings. The van der Waals surface area contributed by atoms with Crippen molar-refractivity contribution in [3.05, 3.63) is 44.0 Å². The van der Waals surface area contributed by atoms with Gasteiger partial charge in [0, 0.05) is 0 Å². The van der Waals surface area contributed by atoms with Crippen LogP contribution in [0, 0.1) is 15.0 Å². The molecule has 5 nitrogen and oxygen atoms in total. The van der Waals surface area contributed by atoms with Gasteiger partial charge in [0.25, 0.3) is 0 Å². The number of halogens is 3. The first-order valence-corrected chi connectivity index (χ1v) is 5.99. The van der Waals surface area contributed by atoms with Crippen molar-refractivity contribution in [1.82, 2.24) is 20.4 Å². The van der Waals surface area contributed by atoms with Crippen LogP contribution >= 0.6 is 45.8 Å². The molecule has 2 heterocycles. The first-order chi connectivity index (χ1) is 8.11. The molecule has 2 rings (SSSR count). The van der Waals surface area contributed by atoms with E-state index in [9.17, 15) is 0 Å². The van der Waals surface area contributed by atoms with E-state index >= 15 is 0 Å². The van der Waals surface area contributed by atoms with Crippen LogP contribution in [-0.4, -0.2) is 20.4 Å². The number of nitriles is 1. The SMILES string of the molecule is Clc1ccc(I)nn1.N#Cc1ccc(Cl)nn1. The zero-order valence-corrected chi connectivity index (χ0v) is 11.8. The van der Waals surface area contributed by atoms with E-state index in [0.717, 1.165) is 3.70 Å². The van der Waals surface area contributed by atoms with Crippen molar-refractivity contribution >= 4 is 45.8 Å². The molecule has 86 valence electrons. The molecule has 0 N–H and O–H groups in total. The minimum Gasteiger partial charge on any atom is -0.191 e. The number of rotatable bonds is 0. The van der Waals surface area contributed by atoms with Gasteiger partial charge in [0.05, 0.1) is 0 Å². The Labute approximate surface area is 121 Å². The average Bonchev–Trinajstić information content (AvgIpc) is 2.35. The van der Waals surface area contributed by atoms with Crippen LogP contribution in [0.5, 0.6) is 0 Å². The highest BCUT2D eigenvalue weighted by Gasteiger charge is 1.90. The van der Waals surface area contributed by atoms with Gasteiger partial charge in [-0.05, 0) is 46.9 Å². The maximum atomic E-state index is 8.23. The summed E-state index contributed by atoms with van der Waals surface area (Å²) in [6.45, 7) is 0. The van der Waals surface area contributed by atoms with Crippen molar-refractivity contribution in [1.29, 1.82) is 5.26 Å². The summed E-state index contributed by atoms with van der Waals surface area (Å²) in [5.74, 6) is 0. The van der Waals surface area contributed by atoms with E-state index in [2.05, 4.69) is 43.0 Å². The fourth-order valence-corrected chi connectivity index (χ4v) is 1.16. The average molecular weight is 380 g/mol. The third-order valence-corrected chi connectivity index (χ3v) is 2.32. The monoisotopic (exact) mass is 379 g/mol. The van der Waals surface area contributed by atoms with Crippen LogP contribution in [-0.2, 0) is 0 Å². The quantitative estimate of drug-likeness (QED) is 0.658. The van der Waals surface area contributed by atoms with Crippen LogP contribution in [0.2, 0.25) is 10.3 Å². The Morgan fingerprint density at radius 1 is 0.941 bits per heavy atom. The molecule has 0 saturated carbocycles. The van der Waals surface area contributed by atoms with Gasteiger partial charge in [0.1, 0.15) is 9.77 Å². The van der Waals surface area contributed by atoms with Gasteiger partial charge < -0.3 is 0 Å². The lowest BCUT2D eigenvalue weighted by Gasteiger charge is -1.84. The molecule has 0 amide bonds. The molecular weight excluding hydrogens is 376 g/mol. The van der Waals surface area contributed by atoms with Crippen molar-refractivity contribution in [2.75, 3.05) is 0 Å². The fourth-order valence-electron chi connectivity index (χ4n) is 0.675. The highest BCUT2D eigenvalue weighted by Crippen LogP contribution is 2.03. The van der Waals surface area contributed by atoms with Crippen molar-refractivity contribution in [3.63, 3.8) is 0 Å². The highest BCUT2D eigenvalue weighted by molar-refractivity contribution is 14.1. The second-order valence-corrected chi connectivity index (χ2v) is 4.41. The van der Waals surface area contributed by atoms with Crippen molar-refractivity contribution in [2.45, 2.75) is 0 Å². The van der Waals surface area contributed by atoms with Gasteiger partial charge in [0.2, 0.25) is 0 Å². The topological polar surface area (TPSA) is 75.3 Å². The predicted octanol–water partition coefficient (Wildman–Crippen LogP) is 2.74. The molecule has 0 aromatic carbocycles. The highest BCUT2D eigenvalue weighted by atomic mass is 127. The van der Waals surface area contributed by atoms with E-state index < -0.39 is 0 Å². The first kappa shape index (κ1) is 14.0. The number of aromatic nitrogens is 4. The van der Waals surface area contributed by atoms with Gasteiger partial charge in [-0.25, -0.2) is 0 Å². The van der Waals surface area contributed by atoms with Gasteiger partial charge in [-0.15, -0.1) is 20.4 Å². The summed E-state index contributed by atoms with van der Waals surface area (Å²) in [4.78, 5) is 0. The second kappa shape index (κ2) is 7.32. The Morgan fingerprint density at radius 3 is 1.88 bits per heavy atom. The van der Waals surface area contributed by atoms with E-state index in [4.69, 9.17) is 28.5 Å². The van der Waals surface area contributed by atoms with E-state index in [1.165, 1.54) is 12.1 Å². The largest absolute Gasteiger partial charge is 0.191 e. The molecule has 17 heavy (non-hydrogen) atoms. The Balaban J connectivity index is 0.000000171. The molecule has 0 radical (unpaired) electrons. The van der Waals surface area contributed by atoms with Gasteiger partial charge >= 0.3 is 0 Å². The van der Waals surface area contributed by atoms with Crippen LogP contribution in [0.1, 0.15) is 5.69 Å². The molecule has 0 saturated heterocycles. The lowest BCUT2D eigenvalue weighted by Crippen LogP contribution is -1.84. The molecule has 0 aliphatic heterocycles. The zero-order chi connectivity index (χ0) is 12.7. The van der Waals surface area contributed by atoms with E-state index in [0.29, 0.717) is 10.3 Å². The summed E-state index contributed by atoms with van der Waals surface area (Å²) >= 11 is 12.9. The molecule has 0 spiro atoms. The van der Waals surface area contributed by atoms with Gasteiger partial charge in [0.15, 0.2) is 16.0 Å². The Bertz CT molecular complexity index is 487. The van der Waals surface area contributed by atoms with Crippen LogP contribution in [0.15, 0.2) is 24.3 Å². The van der Waals surface area contributed by atoms with E-state index in [1.54, 1.807) is 12.1 Å². The fraction of sp³-hybridized carbons (Fsp3) is 0. The predicted molar refractivity (Wildman–Crippen MR) is 71.5 cm³/mol. The molecule has 0 unspecified atom stereocenters. The molecule has 2 aromatic heterocycles. The summed E-state index contributed by atoms with van der Waals surface area (Å²) in [6, 6.07) is 8.36. The second-order valence-electron chi connectivity index (χ2n) is 2.53. The maximum absolute atomic E-state index is 8.23. The number of hydrogen-bond donors (Lipinski definition) is 0. The summed E-state index contributed by atoms with van der Waals surface area (Å²) < 4.78 is 0.854. The van der Waals surface area contributed by atoms with Crippen molar-refractivity contribution in [2.24, 2.45) is 0 Å². The minimum absolute atomic E-state index is 0.277. The van der Waals surface area contributed by atoms with Gasteiger partial charge in [-0.2, -0.15) is 5.26 Å². The van der Waals surface area contributed by atoms with Crippen molar-refractivity contribution < 1.29 is 0 Å². The van der Waals surface area contributed by atoms with Crippen LogP contribution in [0.4, 0.5) is 0 Å². The molecule has 8 heteroatoms. The van der Waals surface area contributed by atoms with E-state index in [1.807, 2.05) is 6.07 Å². The molecule has 0 fully saturated rings. The summed E-state index contributed by atoms with van der Waals surface area (Å²) in [6.07, 6.45) is 0. The molecule has 0 aliphatic carbocycles. The third kappa shape index (κ3) is 5.72. The number of hydrogen-bond acceptors (Lipinski definition) is 5. The van der Waals surface area contributed by atoms with Crippen LogP contribution < -0.4 is 0 Å². The molecule has 0 atom stereocenters. The molecular formula is C9H4Cl2IN5. The molecule has 0 bridgehead atoms. The Kier molecular flexibility index (Phi) is 6.04. The lowest BCUT2D eigenvalue weighted by atomic mass is 10.4. The summed E-state index contributed by atoms with van der Waals surface area (Å²) in [5, 5.41) is 23.1. The zero-order valence-electron chi connectivity index (χ0n) is 8.18. The smallest absolute Gasteiger partial charge is 0.163 e. The van der Waals surface area contributed by atoms with Gasteiger partial charge in [-0.3, -0.25) is 0 Å². The lowest BCUT2D eigenvalue weighted by molar-refractivity contribution is 1.00. The summed E-state index contributed by atoms with van der Waals surface area (Å²) in [7, 11) is 0. The third-order valence-electron chi connectivity index (χ3n) is 1.35. The Hall–Kier alpha value is -1.04. The maximum Gasteiger partial charge on any atom is 0.163 e. The standard InChI is InChI=1S/C5H2ClN3.C4H2ClIN2/c6-5-2-1-4(3-7)8-9-5;5-3-1-2-4(6)8-7-3/h1-2H;1-2H. The van der Waals surface area contributed by atoms with Crippen LogP contribution in [0.25, 0.3) is 0 Å². The normalized spacial score (nSPS) is 8.82. The van der Waals surface area contributed by atoms with Crippen molar-refractivity contribution in [3.8, 4) is 6.07 Å². The minimum atomic E-state index is 0.277. The Morgan fingerprint density at radius 2 is 1.53 bits per heavy atom. The first-order valence-electron chi connectivity index (χ1n) is 4.16. The number of nitrogens with zero attached hydrogens (tertiary/aromatic N) is 5. The van der Waals surface area contributed by atoms with Crippen LogP contribution in [0.3, 0.4) is 0 Å². The summed E-state index contributed by atoms with van der Waals surface area (Å²) in [5.41, 5.74) is 0.277. The van der Waals surface area contributed by atoms with Gasteiger partial charge in [-0.1, -0.05) is 23.2 Å². The van der Waals surface area contributed by atoms with E-state index in [-0.39, 0.29) is 5.69 Å².